The number of rotatable bonds is 6. The molecule has 2 unspecified atom stereocenters. The summed E-state index contributed by atoms with van der Waals surface area (Å²) in [7, 11) is 0. The first-order chi connectivity index (χ1) is 15.7. The van der Waals surface area contributed by atoms with Crippen molar-refractivity contribution in [1.29, 1.82) is 0 Å². The molecule has 8 heteroatoms. The Balaban J connectivity index is 1.49. The highest BCUT2D eigenvalue weighted by atomic mass is 35.5. The molecule has 4 rings (SSSR count). The third-order valence-corrected chi connectivity index (χ3v) is 9.83. The number of hydrogen-bond donors (Lipinski definition) is 1. The molecule has 2 atom stereocenters. The van der Waals surface area contributed by atoms with Crippen LogP contribution in [0.5, 0.6) is 0 Å². The van der Waals surface area contributed by atoms with Crippen LogP contribution in [0, 0.1) is 11.3 Å². The minimum absolute atomic E-state index is 0.136. The third kappa shape index (κ3) is 5.31. The number of likely N-dealkylation sites (tertiary alicyclic amines) is 1. The molecule has 2 heterocycles. The maximum atomic E-state index is 13.1. The first kappa shape index (κ1) is 25.1. The van der Waals surface area contributed by atoms with Gasteiger partial charge in [-0.05, 0) is 42.8 Å². The Morgan fingerprint density at radius 2 is 1.91 bits per heavy atom. The van der Waals surface area contributed by atoms with E-state index in [4.69, 9.17) is 11.6 Å². The monoisotopic (exact) mass is 496 g/mol. The number of carbonyl (C=O) groups excluding carboxylic acids is 1. The molecule has 1 saturated heterocycles. The van der Waals surface area contributed by atoms with Crippen molar-refractivity contribution in [2.45, 2.75) is 94.1 Å². The third-order valence-electron chi connectivity index (χ3n) is 8.46. The van der Waals surface area contributed by atoms with Gasteiger partial charge in [0.25, 0.3) is 5.56 Å². The predicted molar refractivity (Wildman–Crippen MR) is 131 cm³/mol. The molecule has 184 valence electrons. The summed E-state index contributed by atoms with van der Waals surface area (Å²) in [6.45, 7) is 1.20. The number of halogens is 1. The molecule has 6 nitrogen and oxygen atoms in total. The van der Waals surface area contributed by atoms with Crippen LogP contribution in [0.4, 0.5) is 0 Å². The van der Waals surface area contributed by atoms with Gasteiger partial charge >= 0.3 is 0 Å². The number of hydrogen-bond acceptors (Lipinski definition) is 4. The minimum atomic E-state index is -1.33. The van der Waals surface area contributed by atoms with E-state index in [0.717, 1.165) is 32.1 Å². The lowest BCUT2D eigenvalue weighted by Gasteiger charge is -2.52. The van der Waals surface area contributed by atoms with E-state index in [1.54, 1.807) is 0 Å². The maximum absolute atomic E-state index is 13.1. The van der Waals surface area contributed by atoms with Crippen molar-refractivity contribution in [2.75, 3.05) is 19.3 Å². The highest BCUT2D eigenvalue weighted by Crippen LogP contribution is 2.51. The van der Waals surface area contributed by atoms with Gasteiger partial charge in [-0.3, -0.25) is 9.59 Å². The van der Waals surface area contributed by atoms with Crippen LogP contribution >= 0.6 is 11.6 Å². The van der Waals surface area contributed by atoms with E-state index in [1.165, 1.54) is 55.2 Å². The van der Waals surface area contributed by atoms with Crippen LogP contribution in [-0.2, 0) is 22.5 Å². The second-order valence-corrected chi connectivity index (χ2v) is 12.3. The highest BCUT2D eigenvalue weighted by molar-refractivity contribution is 7.90. The summed E-state index contributed by atoms with van der Waals surface area (Å²) < 4.78 is 13.5. The van der Waals surface area contributed by atoms with Gasteiger partial charge in [-0.2, -0.15) is 0 Å². The summed E-state index contributed by atoms with van der Waals surface area (Å²) in [6, 6.07) is 1.28. The van der Waals surface area contributed by atoms with E-state index in [0.29, 0.717) is 36.7 Å². The molecule has 1 aliphatic heterocycles. The van der Waals surface area contributed by atoms with E-state index < -0.39 is 22.2 Å². The van der Waals surface area contributed by atoms with Crippen LogP contribution in [0.3, 0.4) is 0 Å². The van der Waals surface area contributed by atoms with Crippen LogP contribution < -0.4 is 5.56 Å². The summed E-state index contributed by atoms with van der Waals surface area (Å²) in [6.07, 6.45) is 15.2. The Morgan fingerprint density at radius 1 is 1.21 bits per heavy atom. The SMILES string of the molecule is C[S+]([O-])c1cn(CC2(O)CCN(C(=O)CCC3CCCCC3)CC23CCCC3)c(=O)cc1Cl. The largest absolute Gasteiger partial charge is 0.612 e. The molecule has 1 amide bonds. The van der Waals surface area contributed by atoms with Gasteiger partial charge < -0.3 is 19.1 Å². The lowest BCUT2D eigenvalue weighted by atomic mass is 9.65. The van der Waals surface area contributed by atoms with Crippen LogP contribution in [0.15, 0.2) is 22.0 Å². The predicted octanol–water partition coefficient (Wildman–Crippen LogP) is 4.12. The van der Waals surface area contributed by atoms with Gasteiger partial charge in [-0.25, -0.2) is 0 Å². The van der Waals surface area contributed by atoms with E-state index in [9.17, 15) is 19.2 Å². The summed E-state index contributed by atoms with van der Waals surface area (Å²) in [5.74, 6) is 0.890. The average molecular weight is 497 g/mol. The maximum Gasteiger partial charge on any atom is 0.252 e. The molecule has 0 aromatic carbocycles. The Morgan fingerprint density at radius 3 is 2.58 bits per heavy atom. The lowest BCUT2D eigenvalue weighted by Crippen LogP contribution is -2.62. The van der Waals surface area contributed by atoms with Crippen molar-refractivity contribution in [3.05, 3.63) is 27.6 Å². The Bertz CT molecular complexity index is 908. The van der Waals surface area contributed by atoms with Gasteiger partial charge in [-0.15, -0.1) is 0 Å². The standard InChI is InChI=1S/C25H37ClN2O4S/c1-33(32)21-16-28(23(30)15-20(21)26)18-25(31)13-14-27(17-24(25)11-5-6-12-24)22(29)10-9-19-7-3-2-4-8-19/h15-16,19,31H,2-14,17-18H2,1H3. The molecular formula is C25H37ClN2O4S. The van der Waals surface area contributed by atoms with Gasteiger partial charge in [0.2, 0.25) is 5.91 Å². The zero-order valence-corrected chi connectivity index (χ0v) is 21.3. The van der Waals surface area contributed by atoms with Gasteiger partial charge in [0.05, 0.1) is 18.3 Å². The van der Waals surface area contributed by atoms with Crippen molar-refractivity contribution in [1.82, 2.24) is 9.47 Å². The second kappa shape index (κ2) is 10.3. The molecule has 1 spiro atoms. The van der Waals surface area contributed by atoms with Crippen molar-refractivity contribution in [2.24, 2.45) is 11.3 Å². The van der Waals surface area contributed by atoms with E-state index in [2.05, 4.69) is 0 Å². The lowest BCUT2D eigenvalue weighted by molar-refractivity contribution is -0.160. The fourth-order valence-electron chi connectivity index (χ4n) is 6.42. The molecule has 2 saturated carbocycles. The number of carbonyl (C=O) groups is 1. The van der Waals surface area contributed by atoms with E-state index in [1.807, 2.05) is 4.90 Å². The number of aliphatic hydroxyl groups is 1. The van der Waals surface area contributed by atoms with Gasteiger partial charge in [-0.1, -0.05) is 56.5 Å². The van der Waals surface area contributed by atoms with Gasteiger partial charge in [0, 0.05) is 31.0 Å². The molecule has 2 aliphatic carbocycles. The Labute approximate surface area is 204 Å². The number of pyridine rings is 1. The number of aromatic nitrogens is 1. The molecule has 1 N–H and O–H groups in total. The van der Waals surface area contributed by atoms with Gasteiger partial charge in [0.15, 0.2) is 4.90 Å². The summed E-state index contributed by atoms with van der Waals surface area (Å²) in [5.41, 5.74) is -1.80. The number of amides is 1. The Hall–Kier alpha value is -1.02. The quantitative estimate of drug-likeness (QED) is 0.600. The summed E-state index contributed by atoms with van der Waals surface area (Å²) in [5, 5.41) is 12.1. The topological polar surface area (TPSA) is 85.6 Å². The zero-order valence-electron chi connectivity index (χ0n) is 19.7. The van der Waals surface area contributed by atoms with Crippen molar-refractivity contribution in [3.8, 4) is 0 Å². The van der Waals surface area contributed by atoms with Crippen LogP contribution in [0.25, 0.3) is 0 Å². The van der Waals surface area contributed by atoms with Gasteiger partial charge in [0.1, 0.15) is 11.3 Å². The fourth-order valence-corrected chi connectivity index (χ4v) is 7.50. The molecule has 3 aliphatic rings. The molecule has 33 heavy (non-hydrogen) atoms. The molecule has 1 aromatic rings. The normalized spacial score (nSPS) is 26.6. The molecule has 3 fully saturated rings. The highest BCUT2D eigenvalue weighted by Gasteiger charge is 2.55. The van der Waals surface area contributed by atoms with Crippen LogP contribution in [-0.4, -0.2) is 50.0 Å². The first-order valence-electron chi connectivity index (χ1n) is 12.5. The van der Waals surface area contributed by atoms with E-state index >= 15 is 0 Å². The number of nitrogens with zero attached hydrogens (tertiary/aromatic N) is 2. The van der Waals surface area contributed by atoms with Crippen molar-refractivity contribution in [3.63, 3.8) is 0 Å². The first-order valence-corrected chi connectivity index (χ1v) is 14.4. The average Bonchev–Trinajstić information content (AvgIpc) is 3.26. The summed E-state index contributed by atoms with van der Waals surface area (Å²) in [4.78, 5) is 28.1. The summed E-state index contributed by atoms with van der Waals surface area (Å²) >= 11 is 4.79. The zero-order chi connectivity index (χ0) is 23.6. The minimum Gasteiger partial charge on any atom is -0.612 e. The molecule has 0 bridgehead atoms. The smallest absolute Gasteiger partial charge is 0.252 e. The Kier molecular flexibility index (Phi) is 7.83. The fraction of sp³-hybridized carbons (Fsp3) is 0.760. The molecule has 0 radical (unpaired) electrons. The molecule has 1 aromatic heterocycles. The van der Waals surface area contributed by atoms with Crippen LogP contribution in [0.2, 0.25) is 5.02 Å². The van der Waals surface area contributed by atoms with Crippen LogP contribution in [0.1, 0.15) is 77.0 Å². The van der Waals surface area contributed by atoms with Crippen molar-refractivity contribution >= 4 is 28.7 Å². The van der Waals surface area contributed by atoms with Crippen molar-refractivity contribution < 1.29 is 14.5 Å². The molecular weight excluding hydrogens is 460 g/mol. The van der Waals surface area contributed by atoms with E-state index in [-0.39, 0.29) is 23.0 Å². The second-order valence-electron chi connectivity index (χ2n) is 10.5. The number of piperidine rings is 1.